The zero-order valence-electron chi connectivity index (χ0n) is 11.7. The van der Waals surface area contributed by atoms with Crippen LogP contribution in [0.3, 0.4) is 0 Å². The van der Waals surface area contributed by atoms with Crippen LogP contribution in [0.4, 0.5) is 5.69 Å². The van der Waals surface area contributed by atoms with Crippen LogP contribution in [0.2, 0.25) is 0 Å². The van der Waals surface area contributed by atoms with Gasteiger partial charge >= 0.3 is 0 Å². The van der Waals surface area contributed by atoms with Crippen molar-refractivity contribution in [3.05, 3.63) is 53.9 Å². The third-order valence-corrected chi connectivity index (χ3v) is 3.14. The Labute approximate surface area is 115 Å². The fraction of sp³-hybridized carbons (Fsp3) is 0.375. The highest BCUT2D eigenvalue weighted by molar-refractivity contribution is 5.51. The summed E-state index contributed by atoms with van der Waals surface area (Å²) in [5.41, 5.74) is 3.66. The topological polar surface area (TPSA) is 26.2 Å². The van der Waals surface area contributed by atoms with Gasteiger partial charge in [0, 0.05) is 43.3 Å². The number of para-hydroxylation sites is 1. The van der Waals surface area contributed by atoms with Gasteiger partial charge < -0.3 is 14.6 Å². The second-order valence-corrected chi connectivity index (χ2v) is 4.50. The maximum absolute atomic E-state index is 5.49. The molecule has 3 nitrogen and oxygen atoms in total. The number of nitrogens with zero attached hydrogens (tertiary/aromatic N) is 1. The Bertz CT molecular complexity index is 505. The maximum atomic E-state index is 5.49. The molecule has 0 fully saturated rings. The van der Waals surface area contributed by atoms with E-state index in [4.69, 9.17) is 4.74 Å². The summed E-state index contributed by atoms with van der Waals surface area (Å²) < 4.78 is 7.67. The molecule has 0 aliphatic rings. The Hall–Kier alpha value is -1.74. The number of ether oxygens (including phenoxy) is 1. The summed E-state index contributed by atoms with van der Waals surface area (Å²) in [5.74, 6) is 0. The lowest BCUT2D eigenvalue weighted by atomic mass is 10.2. The van der Waals surface area contributed by atoms with E-state index in [2.05, 4.69) is 53.5 Å². The number of hydrogen-bond acceptors (Lipinski definition) is 2. The molecule has 0 aliphatic carbocycles. The highest BCUT2D eigenvalue weighted by atomic mass is 16.5. The Kier molecular flexibility index (Phi) is 5.04. The molecule has 102 valence electrons. The first kappa shape index (κ1) is 13.7. The Morgan fingerprint density at radius 2 is 2.00 bits per heavy atom. The fourth-order valence-electron chi connectivity index (χ4n) is 2.02. The molecule has 0 aliphatic heterocycles. The summed E-state index contributed by atoms with van der Waals surface area (Å²) >= 11 is 0. The van der Waals surface area contributed by atoms with Crippen LogP contribution in [0.1, 0.15) is 25.0 Å². The van der Waals surface area contributed by atoms with E-state index in [9.17, 15) is 0 Å². The largest absolute Gasteiger partial charge is 0.381 e. The van der Waals surface area contributed by atoms with E-state index < -0.39 is 0 Å². The molecule has 19 heavy (non-hydrogen) atoms. The minimum Gasteiger partial charge on any atom is -0.381 e. The van der Waals surface area contributed by atoms with Crippen molar-refractivity contribution in [2.24, 2.45) is 0 Å². The predicted octanol–water partition coefficient (Wildman–Crippen LogP) is 3.66. The average molecular weight is 258 g/mol. The van der Waals surface area contributed by atoms with Crippen molar-refractivity contribution >= 4 is 5.69 Å². The molecule has 2 rings (SSSR count). The first-order valence-corrected chi connectivity index (χ1v) is 6.87. The molecule has 0 bridgehead atoms. The number of aromatic nitrogens is 1. The number of rotatable bonds is 7. The summed E-state index contributed by atoms with van der Waals surface area (Å²) in [6, 6.07) is 10.5. The second kappa shape index (κ2) is 7.00. The van der Waals surface area contributed by atoms with E-state index in [0.29, 0.717) is 6.61 Å². The second-order valence-electron chi connectivity index (χ2n) is 4.50. The van der Waals surface area contributed by atoms with Crippen LogP contribution >= 0.6 is 0 Å². The molecule has 0 saturated carbocycles. The lowest BCUT2D eigenvalue weighted by Gasteiger charge is -2.11. The summed E-state index contributed by atoms with van der Waals surface area (Å²) in [5, 5.41) is 3.48. The van der Waals surface area contributed by atoms with Crippen LogP contribution in [0, 0.1) is 0 Å². The van der Waals surface area contributed by atoms with Gasteiger partial charge in [0.2, 0.25) is 0 Å². The SMILES string of the molecule is CCOCc1ccccc1NCc1ccn(CC)c1. The first-order chi connectivity index (χ1) is 9.33. The molecule has 0 atom stereocenters. The molecule has 0 amide bonds. The van der Waals surface area contributed by atoms with Crippen LogP contribution < -0.4 is 5.32 Å². The van der Waals surface area contributed by atoms with Gasteiger partial charge in [-0.25, -0.2) is 0 Å². The molecule has 0 unspecified atom stereocenters. The third-order valence-electron chi connectivity index (χ3n) is 3.14. The molecular formula is C16H22N2O. The number of benzene rings is 1. The zero-order chi connectivity index (χ0) is 13.5. The zero-order valence-corrected chi connectivity index (χ0v) is 11.7. The van der Waals surface area contributed by atoms with Crippen molar-refractivity contribution in [2.45, 2.75) is 33.5 Å². The van der Waals surface area contributed by atoms with Crippen LogP contribution in [-0.2, 0) is 24.4 Å². The monoisotopic (exact) mass is 258 g/mol. The highest BCUT2D eigenvalue weighted by Gasteiger charge is 2.02. The normalized spacial score (nSPS) is 10.6. The van der Waals surface area contributed by atoms with Gasteiger partial charge in [0.1, 0.15) is 0 Å². The predicted molar refractivity (Wildman–Crippen MR) is 79.2 cm³/mol. The van der Waals surface area contributed by atoms with Crippen LogP contribution in [-0.4, -0.2) is 11.2 Å². The standard InChI is InChI=1S/C16H22N2O/c1-3-18-10-9-14(12-18)11-17-16-8-6-5-7-15(16)13-19-4-2/h5-10,12,17H,3-4,11,13H2,1-2H3. The Balaban J connectivity index is 1.98. The summed E-state index contributed by atoms with van der Waals surface area (Å²) in [6.45, 7) is 7.43. The van der Waals surface area contributed by atoms with E-state index in [1.807, 2.05) is 13.0 Å². The molecule has 1 heterocycles. The van der Waals surface area contributed by atoms with E-state index in [1.165, 1.54) is 11.1 Å². The van der Waals surface area contributed by atoms with Crippen molar-refractivity contribution in [1.29, 1.82) is 0 Å². The van der Waals surface area contributed by atoms with Gasteiger partial charge in [-0.15, -0.1) is 0 Å². The van der Waals surface area contributed by atoms with Gasteiger partial charge in [-0.05, 0) is 31.5 Å². The van der Waals surface area contributed by atoms with E-state index in [1.54, 1.807) is 0 Å². The van der Waals surface area contributed by atoms with E-state index >= 15 is 0 Å². The fourth-order valence-corrected chi connectivity index (χ4v) is 2.02. The number of aryl methyl sites for hydroxylation is 1. The minimum absolute atomic E-state index is 0.662. The number of anilines is 1. The van der Waals surface area contributed by atoms with Crippen molar-refractivity contribution in [2.75, 3.05) is 11.9 Å². The van der Waals surface area contributed by atoms with Crippen molar-refractivity contribution < 1.29 is 4.74 Å². The molecule has 1 N–H and O–H groups in total. The van der Waals surface area contributed by atoms with Crippen molar-refractivity contribution in [3.63, 3.8) is 0 Å². The minimum atomic E-state index is 0.662. The van der Waals surface area contributed by atoms with Gasteiger partial charge in [0.25, 0.3) is 0 Å². The number of nitrogens with one attached hydrogen (secondary N) is 1. The van der Waals surface area contributed by atoms with Crippen molar-refractivity contribution in [3.8, 4) is 0 Å². The van der Waals surface area contributed by atoms with Gasteiger partial charge in [0.05, 0.1) is 6.61 Å². The van der Waals surface area contributed by atoms with Gasteiger partial charge in [-0.2, -0.15) is 0 Å². The number of hydrogen-bond donors (Lipinski definition) is 1. The average Bonchev–Trinajstić information content (AvgIpc) is 2.91. The molecule has 3 heteroatoms. The molecule has 1 aromatic carbocycles. The van der Waals surface area contributed by atoms with Gasteiger partial charge in [-0.3, -0.25) is 0 Å². The molecule has 0 saturated heterocycles. The first-order valence-electron chi connectivity index (χ1n) is 6.87. The van der Waals surface area contributed by atoms with Gasteiger partial charge in [0.15, 0.2) is 0 Å². The molecule has 0 spiro atoms. The summed E-state index contributed by atoms with van der Waals surface area (Å²) in [4.78, 5) is 0. The Morgan fingerprint density at radius 1 is 1.16 bits per heavy atom. The molecule has 0 radical (unpaired) electrons. The van der Waals surface area contributed by atoms with E-state index in [0.717, 1.165) is 25.4 Å². The summed E-state index contributed by atoms with van der Waals surface area (Å²) in [7, 11) is 0. The third kappa shape index (κ3) is 3.86. The summed E-state index contributed by atoms with van der Waals surface area (Å²) in [6.07, 6.45) is 4.29. The van der Waals surface area contributed by atoms with Crippen LogP contribution in [0.5, 0.6) is 0 Å². The van der Waals surface area contributed by atoms with Crippen molar-refractivity contribution in [1.82, 2.24) is 4.57 Å². The lowest BCUT2D eigenvalue weighted by Crippen LogP contribution is -2.03. The molecular weight excluding hydrogens is 236 g/mol. The van der Waals surface area contributed by atoms with Crippen LogP contribution in [0.15, 0.2) is 42.7 Å². The van der Waals surface area contributed by atoms with Crippen LogP contribution in [0.25, 0.3) is 0 Å². The van der Waals surface area contributed by atoms with E-state index in [-0.39, 0.29) is 0 Å². The Morgan fingerprint density at radius 3 is 2.74 bits per heavy atom. The lowest BCUT2D eigenvalue weighted by molar-refractivity contribution is 0.134. The smallest absolute Gasteiger partial charge is 0.0736 e. The molecule has 2 aromatic rings. The molecule has 1 aromatic heterocycles. The highest BCUT2D eigenvalue weighted by Crippen LogP contribution is 2.17. The van der Waals surface area contributed by atoms with Gasteiger partial charge in [-0.1, -0.05) is 18.2 Å². The maximum Gasteiger partial charge on any atom is 0.0736 e. The quantitative estimate of drug-likeness (QED) is 0.820.